The zero-order valence-electron chi connectivity index (χ0n) is 15.6. The minimum absolute atomic E-state index is 0.239. The molecule has 0 saturated heterocycles. The van der Waals surface area contributed by atoms with E-state index in [0.717, 1.165) is 16.8 Å². The second-order valence-corrected chi connectivity index (χ2v) is 6.04. The highest BCUT2D eigenvalue weighted by atomic mass is 19.4. The van der Waals surface area contributed by atoms with E-state index in [4.69, 9.17) is 4.74 Å². The summed E-state index contributed by atoms with van der Waals surface area (Å²) in [6, 6.07) is 14.5. The standard InChI is InChI=1S/C20H16F3N3O4/c1-29-17-5-3-2-4-15(17)16-10-11-19(28)26(25-16)12-18(27)24-13-6-8-14(9-7-13)30-20(21,22)23/h2-11H,12H2,1H3,(H,24,27). The highest BCUT2D eigenvalue weighted by molar-refractivity contribution is 5.90. The number of anilines is 1. The van der Waals surface area contributed by atoms with Crippen LogP contribution in [0, 0.1) is 0 Å². The van der Waals surface area contributed by atoms with Gasteiger partial charge in [0.25, 0.3) is 5.56 Å². The molecular weight excluding hydrogens is 403 g/mol. The molecule has 0 atom stereocenters. The SMILES string of the molecule is COc1ccccc1-c1ccc(=O)n(CC(=O)Nc2ccc(OC(F)(F)F)cc2)n1. The minimum atomic E-state index is -4.80. The van der Waals surface area contributed by atoms with Crippen LogP contribution in [-0.4, -0.2) is 29.2 Å². The molecule has 0 aliphatic carbocycles. The molecule has 156 valence electrons. The van der Waals surface area contributed by atoms with E-state index in [9.17, 15) is 22.8 Å². The molecule has 0 spiro atoms. The van der Waals surface area contributed by atoms with Gasteiger partial charge < -0.3 is 14.8 Å². The molecule has 0 radical (unpaired) electrons. The lowest BCUT2D eigenvalue weighted by Crippen LogP contribution is -2.29. The maximum Gasteiger partial charge on any atom is 0.573 e. The fourth-order valence-corrected chi connectivity index (χ4v) is 2.64. The molecule has 0 fully saturated rings. The van der Waals surface area contributed by atoms with Crippen molar-refractivity contribution in [3.8, 4) is 22.8 Å². The third-order valence-corrected chi connectivity index (χ3v) is 3.91. The average molecular weight is 419 g/mol. The molecule has 2 aromatic carbocycles. The fourth-order valence-electron chi connectivity index (χ4n) is 2.64. The third-order valence-electron chi connectivity index (χ3n) is 3.91. The van der Waals surface area contributed by atoms with Gasteiger partial charge >= 0.3 is 6.36 Å². The Hall–Kier alpha value is -3.82. The van der Waals surface area contributed by atoms with Crippen LogP contribution in [0.5, 0.6) is 11.5 Å². The second-order valence-electron chi connectivity index (χ2n) is 6.04. The molecule has 3 aromatic rings. The van der Waals surface area contributed by atoms with Crippen molar-refractivity contribution in [1.29, 1.82) is 0 Å². The quantitative estimate of drug-likeness (QED) is 0.662. The monoisotopic (exact) mass is 419 g/mol. The summed E-state index contributed by atoms with van der Waals surface area (Å²) in [5, 5.41) is 6.69. The number of halogens is 3. The van der Waals surface area contributed by atoms with Crippen molar-refractivity contribution in [1.82, 2.24) is 9.78 Å². The highest BCUT2D eigenvalue weighted by Crippen LogP contribution is 2.27. The van der Waals surface area contributed by atoms with E-state index >= 15 is 0 Å². The molecule has 7 nitrogen and oxygen atoms in total. The van der Waals surface area contributed by atoms with Gasteiger partial charge in [-0.1, -0.05) is 12.1 Å². The van der Waals surface area contributed by atoms with Crippen molar-refractivity contribution in [3.05, 3.63) is 71.0 Å². The summed E-state index contributed by atoms with van der Waals surface area (Å²) in [7, 11) is 1.51. The first-order valence-electron chi connectivity index (χ1n) is 8.62. The highest BCUT2D eigenvalue weighted by Gasteiger charge is 2.30. The lowest BCUT2D eigenvalue weighted by molar-refractivity contribution is -0.274. The molecule has 0 aliphatic rings. The van der Waals surface area contributed by atoms with Crippen molar-refractivity contribution in [3.63, 3.8) is 0 Å². The average Bonchev–Trinajstić information content (AvgIpc) is 2.70. The van der Waals surface area contributed by atoms with Gasteiger partial charge in [0.05, 0.1) is 12.8 Å². The number of carbonyl (C=O) groups excluding carboxylic acids is 1. The van der Waals surface area contributed by atoms with Gasteiger partial charge in [-0.05, 0) is 42.5 Å². The molecule has 1 amide bonds. The Bertz CT molecular complexity index is 1100. The number of hydrogen-bond donors (Lipinski definition) is 1. The summed E-state index contributed by atoms with van der Waals surface area (Å²) in [4.78, 5) is 24.4. The zero-order valence-corrected chi connectivity index (χ0v) is 15.6. The predicted molar refractivity (Wildman–Crippen MR) is 102 cm³/mol. The molecule has 30 heavy (non-hydrogen) atoms. The summed E-state index contributed by atoms with van der Waals surface area (Å²) in [5.74, 6) is -0.435. The zero-order chi connectivity index (χ0) is 21.7. The molecule has 10 heteroatoms. The molecule has 0 saturated carbocycles. The number of ether oxygens (including phenoxy) is 2. The number of benzene rings is 2. The van der Waals surface area contributed by atoms with Gasteiger partial charge in [-0.15, -0.1) is 13.2 Å². The van der Waals surface area contributed by atoms with Crippen LogP contribution in [0.2, 0.25) is 0 Å². The summed E-state index contributed by atoms with van der Waals surface area (Å²) >= 11 is 0. The van der Waals surface area contributed by atoms with Crippen molar-refractivity contribution < 1.29 is 27.4 Å². The van der Waals surface area contributed by atoms with E-state index in [-0.39, 0.29) is 12.2 Å². The smallest absolute Gasteiger partial charge is 0.496 e. The number of nitrogens with zero attached hydrogens (tertiary/aromatic N) is 2. The molecule has 1 aromatic heterocycles. The van der Waals surface area contributed by atoms with Gasteiger partial charge in [0.2, 0.25) is 5.91 Å². The Labute approximate surface area is 168 Å². The normalized spacial score (nSPS) is 11.1. The van der Waals surface area contributed by atoms with E-state index in [1.54, 1.807) is 24.3 Å². The van der Waals surface area contributed by atoms with Crippen LogP contribution < -0.4 is 20.3 Å². The second kappa shape index (κ2) is 8.68. The van der Waals surface area contributed by atoms with Crippen molar-refractivity contribution >= 4 is 11.6 Å². The number of para-hydroxylation sites is 1. The third kappa shape index (κ3) is 5.37. The van der Waals surface area contributed by atoms with Crippen LogP contribution in [0.15, 0.2) is 65.5 Å². The maximum absolute atomic E-state index is 12.3. The van der Waals surface area contributed by atoms with Crippen LogP contribution in [0.1, 0.15) is 0 Å². The number of hydrogen-bond acceptors (Lipinski definition) is 5. The first kappa shape index (κ1) is 20.9. The minimum Gasteiger partial charge on any atom is -0.496 e. The fraction of sp³-hybridized carbons (Fsp3) is 0.150. The summed E-state index contributed by atoms with van der Waals surface area (Å²) in [6.07, 6.45) is -4.80. The summed E-state index contributed by atoms with van der Waals surface area (Å²) < 4.78 is 46.6. The van der Waals surface area contributed by atoms with Crippen LogP contribution in [0.4, 0.5) is 18.9 Å². The van der Waals surface area contributed by atoms with Gasteiger partial charge in [-0.2, -0.15) is 5.10 Å². The van der Waals surface area contributed by atoms with Crippen molar-refractivity contribution in [2.45, 2.75) is 12.9 Å². The van der Waals surface area contributed by atoms with E-state index in [1.165, 1.54) is 31.4 Å². The van der Waals surface area contributed by atoms with Gasteiger partial charge in [0, 0.05) is 17.3 Å². The number of nitrogens with one attached hydrogen (secondary N) is 1. The summed E-state index contributed by atoms with van der Waals surface area (Å²) in [6.45, 7) is -0.386. The largest absolute Gasteiger partial charge is 0.573 e. The molecule has 0 bridgehead atoms. The van der Waals surface area contributed by atoms with Gasteiger partial charge in [-0.25, -0.2) is 4.68 Å². The molecule has 1 N–H and O–H groups in total. The number of carbonyl (C=O) groups is 1. The van der Waals surface area contributed by atoms with Crippen LogP contribution >= 0.6 is 0 Å². The Kier molecular flexibility index (Phi) is 6.05. The van der Waals surface area contributed by atoms with Crippen LogP contribution in [0.25, 0.3) is 11.3 Å². The van der Waals surface area contributed by atoms with E-state index in [0.29, 0.717) is 17.0 Å². The topological polar surface area (TPSA) is 82.5 Å². The molecule has 3 rings (SSSR count). The molecular formula is C20H16F3N3O4. The molecule has 1 heterocycles. The Balaban J connectivity index is 1.73. The van der Waals surface area contributed by atoms with E-state index < -0.39 is 23.6 Å². The molecule has 0 aliphatic heterocycles. The number of amides is 1. The number of alkyl halides is 3. The maximum atomic E-state index is 12.3. The molecule has 0 unspecified atom stereocenters. The Morgan fingerprint density at radius 3 is 2.43 bits per heavy atom. The first-order chi connectivity index (χ1) is 14.2. The van der Waals surface area contributed by atoms with Gasteiger partial charge in [0.15, 0.2) is 0 Å². The number of rotatable bonds is 6. The Morgan fingerprint density at radius 2 is 1.77 bits per heavy atom. The van der Waals surface area contributed by atoms with Crippen LogP contribution in [0.3, 0.4) is 0 Å². The predicted octanol–water partition coefficient (Wildman–Crippen LogP) is 3.46. The lowest BCUT2D eigenvalue weighted by Gasteiger charge is -2.11. The van der Waals surface area contributed by atoms with Gasteiger partial charge in [-0.3, -0.25) is 9.59 Å². The van der Waals surface area contributed by atoms with Crippen LogP contribution in [-0.2, 0) is 11.3 Å². The van der Waals surface area contributed by atoms with Crippen molar-refractivity contribution in [2.75, 3.05) is 12.4 Å². The number of methoxy groups -OCH3 is 1. The van der Waals surface area contributed by atoms with E-state index in [2.05, 4.69) is 15.2 Å². The Morgan fingerprint density at radius 1 is 1.07 bits per heavy atom. The summed E-state index contributed by atoms with van der Waals surface area (Å²) in [5.41, 5.74) is 0.837. The van der Waals surface area contributed by atoms with E-state index in [1.807, 2.05) is 0 Å². The first-order valence-corrected chi connectivity index (χ1v) is 8.62. The number of aromatic nitrogens is 2. The lowest BCUT2D eigenvalue weighted by atomic mass is 10.1. The van der Waals surface area contributed by atoms with Crippen molar-refractivity contribution in [2.24, 2.45) is 0 Å². The van der Waals surface area contributed by atoms with Gasteiger partial charge in [0.1, 0.15) is 18.0 Å².